The van der Waals surface area contributed by atoms with Crippen LogP contribution in [0.25, 0.3) is 11.0 Å². The van der Waals surface area contributed by atoms with Gasteiger partial charge < -0.3 is 23.9 Å². The number of para-hydroxylation sites is 1. The quantitative estimate of drug-likeness (QED) is 0.674. The van der Waals surface area contributed by atoms with Crippen LogP contribution in [0.1, 0.15) is 23.2 Å². The van der Waals surface area contributed by atoms with Crippen LogP contribution < -0.4 is 20.3 Å². The molecule has 2 heterocycles. The minimum atomic E-state index is -0.258. The first-order chi connectivity index (χ1) is 14.7. The molecule has 1 amide bonds. The fraction of sp³-hybridized carbons (Fsp3) is 0.304. The third-order valence-electron chi connectivity index (χ3n) is 5.02. The number of carbonyl (C=O) groups excluding carboxylic acids is 1. The van der Waals surface area contributed by atoms with Crippen LogP contribution in [0, 0.1) is 0 Å². The summed E-state index contributed by atoms with van der Waals surface area (Å²) >= 11 is 0. The lowest BCUT2D eigenvalue weighted by Gasteiger charge is -2.11. The van der Waals surface area contributed by atoms with Gasteiger partial charge in [0, 0.05) is 24.6 Å². The fourth-order valence-electron chi connectivity index (χ4n) is 3.41. The molecule has 4 rings (SSSR count). The van der Waals surface area contributed by atoms with Gasteiger partial charge in [0.25, 0.3) is 5.91 Å². The van der Waals surface area contributed by atoms with Crippen LogP contribution in [0.2, 0.25) is 0 Å². The van der Waals surface area contributed by atoms with Gasteiger partial charge >= 0.3 is 0 Å². The van der Waals surface area contributed by atoms with Crippen molar-refractivity contribution in [2.24, 2.45) is 4.99 Å². The molecule has 0 bridgehead atoms. The predicted octanol–water partition coefficient (Wildman–Crippen LogP) is 3.59. The zero-order valence-corrected chi connectivity index (χ0v) is 17.0. The SMILES string of the molecule is COc1ccc(N=c2oc3ccccc3cc2C(=O)NC[C@H]2CCCO2)c(OC)c1. The highest BCUT2D eigenvalue weighted by Crippen LogP contribution is 2.31. The molecule has 0 spiro atoms. The van der Waals surface area contributed by atoms with Crippen LogP contribution in [-0.2, 0) is 4.74 Å². The van der Waals surface area contributed by atoms with E-state index in [1.807, 2.05) is 24.3 Å². The van der Waals surface area contributed by atoms with Gasteiger partial charge in [-0.2, -0.15) is 0 Å². The predicted molar refractivity (Wildman–Crippen MR) is 112 cm³/mol. The van der Waals surface area contributed by atoms with Crippen molar-refractivity contribution >= 4 is 22.6 Å². The minimum absolute atomic E-state index is 0.0495. The van der Waals surface area contributed by atoms with Crippen molar-refractivity contribution in [3.63, 3.8) is 0 Å². The highest BCUT2D eigenvalue weighted by Gasteiger charge is 2.19. The van der Waals surface area contributed by atoms with E-state index in [0.717, 1.165) is 24.8 Å². The Kier molecular flexibility index (Phi) is 5.99. The standard InChI is InChI=1S/C23H24N2O5/c1-27-16-9-10-19(21(13-16)28-2)25-23-18(12-15-6-3-4-8-20(15)30-23)22(26)24-14-17-7-5-11-29-17/h3-4,6,8-10,12-13,17H,5,7,11,14H2,1-2H3,(H,24,26)/t17-/m1/s1. The smallest absolute Gasteiger partial charge is 0.256 e. The van der Waals surface area contributed by atoms with E-state index in [-0.39, 0.29) is 17.6 Å². The second-order valence-corrected chi connectivity index (χ2v) is 7.00. The Labute approximate surface area is 174 Å². The molecule has 0 saturated carbocycles. The maximum absolute atomic E-state index is 13.0. The van der Waals surface area contributed by atoms with Crippen LogP contribution in [0.4, 0.5) is 5.69 Å². The van der Waals surface area contributed by atoms with Gasteiger partial charge in [-0.05, 0) is 37.1 Å². The molecule has 2 aromatic carbocycles. The molecule has 0 aliphatic carbocycles. The molecule has 1 saturated heterocycles. The highest BCUT2D eigenvalue weighted by atomic mass is 16.5. The summed E-state index contributed by atoms with van der Waals surface area (Å²) in [5, 5.41) is 3.76. The van der Waals surface area contributed by atoms with E-state index >= 15 is 0 Å². The maximum atomic E-state index is 13.0. The molecule has 0 radical (unpaired) electrons. The van der Waals surface area contributed by atoms with Gasteiger partial charge in [-0.15, -0.1) is 0 Å². The lowest BCUT2D eigenvalue weighted by molar-refractivity contribution is 0.0854. The molecular weight excluding hydrogens is 384 g/mol. The first kappa shape index (κ1) is 20.0. The third kappa shape index (κ3) is 4.31. The second kappa shape index (κ2) is 9.00. The number of hydrogen-bond donors (Lipinski definition) is 1. The first-order valence-electron chi connectivity index (χ1n) is 9.87. The number of hydrogen-bond acceptors (Lipinski definition) is 6. The van der Waals surface area contributed by atoms with E-state index in [9.17, 15) is 4.79 Å². The van der Waals surface area contributed by atoms with Crippen molar-refractivity contribution in [1.29, 1.82) is 0 Å². The second-order valence-electron chi connectivity index (χ2n) is 7.00. The van der Waals surface area contributed by atoms with Gasteiger partial charge in [0.1, 0.15) is 28.3 Å². The molecule has 3 aromatic rings. The van der Waals surface area contributed by atoms with E-state index in [2.05, 4.69) is 10.3 Å². The third-order valence-corrected chi connectivity index (χ3v) is 5.02. The highest BCUT2D eigenvalue weighted by molar-refractivity contribution is 5.96. The largest absolute Gasteiger partial charge is 0.497 e. The summed E-state index contributed by atoms with van der Waals surface area (Å²) in [4.78, 5) is 17.6. The van der Waals surface area contributed by atoms with Gasteiger partial charge in [0.15, 0.2) is 0 Å². The summed E-state index contributed by atoms with van der Waals surface area (Å²) in [5.74, 6) is 0.908. The fourth-order valence-corrected chi connectivity index (χ4v) is 3.41. The van der Waals surface area contributed by atoms with Crippen LogP contribution in [0.5, 0.6) is 11.5 Å². The van der Waals surface area contributed by atoms with E-state index < -0.39 is 0 Å². The summed E-state index contributed by atoms with van der Waals surface area (Å²) in [6, 6.07) is 14.6. The molecule has 7 nitrogen and oxygen atoms in total. The number of methoxy groups -OCH3 is 2. The van der Waals surface area contributed by atoms with Gasteiger partial charge in [0.05, 0.1) is 20.3 Å². The van der Waals surface area contributed by atoms with Gasteiger partial charge in [-0.1, -0.05) is 18.2 Å². The number of rotatable bonds is 6. The average molecular weight is 408 g/mol. The van der Waals surface area contributed by atoms with Crippen LogP contribution >= 0.6 is 0 Å². The van der Waals surface area contributed by atoms with E-state index in [0.29, 0.717) is 34.9 Å². The monoisotopic (exact) mass is 408 g/mol. The van der Waals surface area contributed by atoms with Crippen molar-refractivity contribution in [2.45, 2.75) is 18.9 Å². The number of amides is 1. The van der Waals surface area contributed by atoms with Gasteiger partial charge in [-0.25, -0.2) is 4.99 Å². The number of nitrogens with zero attached hydrogens (tertiary/aromatic N) is 1. The van der Waals surface area contributed by atoms with Crippen LogP contribution in [0.15, 0.2) is 57.9 Å². The Morgan fingerprint density at radius 1 is 1.17 bits per heavy atom. The number of nitrogens with one attached hydrogen (secondary N) is 1. The topological polar surface area (TPSA) is 82.3 Å². The van der Waals surface area contributed by atoms with Gasteiger partial charge in [-0.3, -0.25) is 4.79 Å². The molecular formula is C23H24N2O5. The molecule has 156 valence electrons. The summed E-state index contributed by atoms with van der Waals surface area (Å²) in [5.41, 5.74) is 1.73. The van der Waals surface area contributed by atoms with E-state index in [1.54, 1.807) is 38.5 Å². The van der Waals surface area contributed by atoms with Gasteiger partial charge in [0.2, 0.25) is 5.55 Å². The van der Waals surface area contributed by atoms with Crippen LogP contribution in [-0.4, -0.2) is 39.4 Å². The van der Waals surface area contributed by atoms with E-state index in [4.69, 9.17) is 18.6 Å². The summed E-state index contributed by atoms with van der Waals surface area (Å²) in [6.07, 6.45) is 2.01. The van der Waals surface area contributed by atoms with E-state index in [1.165, 1.54) is 0 Å². The summed E-state index contributed by atoms with van der Waals surface area (Å²) < 4.78 is 22.3. The van der Waals surface area contributed by atoms with Crippen molar-refractivity contribution in [1.82, 2.24) is 5.32 Å². The maximum Gasteiger partial charge on any atom is 0.256 e. The molecule has 1 N–H and O–H groups in total. The zero-order valence-electron chi connectivity index (χ0n) is 17.0. The lowest BCUT2D eigenvalue weighted by Crippen LogP contribution is -2.34. The molecule has 0 unspecified atom stereocenters. The Balaban J connectivity index is 1.76. The number of benzene rings is 2. The lowest BCUT2D eigenvalue weighted by atomic mass is 10.1. The number of fused-ring (bicyclic) bond motifs is 1. The molecule has 1 aliphatic heterocycles. The summed E-state index contributed by atoms with van der Waals surface area (Å²) in [7, 11) is 3.14. The number of carbonyl (C=O) groups is 1. The molecule has 1 fully saturated rings. The average Bonchev–Trinajstić information content (AvgIpc) is 3.31. The molecule has 1 atom stereocenters. The number of ether oxygens (including phenoxy) is 3. The molecule has 1 aliphatic rings. The van der Waals surface area contributed by atoms with Crippen molar-refractivity contribution in [3.8, 4) is 11.5 Å². The molecule has 1 aromatic heterocycles. The van der Waals surface area contributed by atoms with Crippen LogP contribution in [0.3, 0.4) is 0 Å². The van der Waals surface area contributed by atoms with Crippen molar-refractivity contribution in [3.05, 3.63) is 59.6 Å². The van der Waals surface area contributed by atoms with Crippen molar-refractivity contribution in [2.75, 3.05) is 27.4 Å². The Hall–Kier alpha value is -3.32. The van der Waals surface area contributed by atoms with Crippen molar-refractivity contribution < 1.29 is 23.4 Å². The normalized spacial score (nSPS) is 16.6. The Morgan fingerprint density at radius 2 is 2.03 bits per heavy atom. The Morgan fingerprint density at radius 3 is 2.80 bits per heavy atom. The Bertz CT molecular complexity index is 1120. The summed E-state index contributed by atoms with van der Waals surface area (Å²) in [6.45, 7) is 1.20. The molecule has 7 heteroatoms. The minimum Gasteiger partial charge on any atom is -0.497 e. The zero-order chi connectivity index (χ0) is 20.9. The molecule has 30 heavy (non-hydrogen) atoms. The first-order valence-corrected chi connectivity index (χ1v) is 9.87.